The number of halogens is 1. The van der Waals surface area contributed by atoms with Crippen LogP contribution in [0.4, 0.5) is 10.5 Å². The maximum atomic E-state index is 12.1. The predicted octanol–water partition coefficient (Wildman–Crippen LogP) is 3.29. The van der Waals surface area contributed by atoms with Gasteiger partial charge in [-0.25, -0.2) is 9.59 Å². The zero-order valence-electron chi connectivity index (χ0n) is 12.1. The molecular weight excluding hydrogens is 352 g/mol. The summed E-state index contributed by atoms with van der Waals surface area (Å²) in [6.07, 6.45) is 0. The molecule has 1 heterocycles. The number of aliphatic carboxylic acids is 1. The SMILES string of the molecule is O=C(Nc1ccc(Cl)cc1)NC(C(=O)O)c1ccc2nsnc2c1. The van der Waals surface area contributed by atoms with Crippen LogP contribution in [-0.2, 0) is 4.79 Å². The zero-order chi connectivity index (χ0) is 17.1. The molecule has 2 aromatic carbocycles. The highest BCUT2D eigenvalue weighted by Crippen LogP contribution is 2.20. The third kappa shape index (κ3) is 3.61. The first-order chi connectivity index (χ1) is 11.5. The van der Waals surface area contributed by atoms with E-state index in [0.717, 1.165) is 11.7 Å². The lowest BCUT2D eigenvalue weighted by molar-refractivity contribution is -0.139. The van der Waals surface area contributed by atoms with E-state index < -0.39 is 18.0 Å². The molecule has 0 spiro atoms. The molecule has 1 unspecified atom stereocenters. The minimum Gasteiger partial charge on any atom is -0.479 e. The molecule has 0 saturated carbocycles. The summed E-state index contributed by atoms with van der Waals surface area (Å²) in [4.78, 5) is 23.6. The molecule has 0 aliphatic rings. The molecule has 122 valence electrons. The second-order valence-electron chi connectivity index (χ2n) is 4.89. The van der Waals surface area contributed by atoms with E-state index in [0.29, 0.717) is 27.3 Å². The number of carbonyl (C=O) groups excluding carboxylic acids is 1. The minimum atomic E-state index is -1.21. The van der Waals surface area contributed by atoms with Crippen LogP contribution < -0.4 is 10.6 Å². The monoisotopic (exact) mass is 362 g/mol. The van der Waals surface area contributed by atoms with E-state index in [4.69, 9.17) is 11.6 Å². The van der Waals surface area contributed by atoms with Crippen molar-refractivity contribution in [2.75, 3.05) is 5.32 Å². The number of hydrogen-bond acceptors (Lipinski definition) is 5. The number of aromatic nitrogens is 2. The lowest BCUT2D eigenvalue weighted by atomic mass is 10.1. The van der Waals surface area contributed by atoms with Crippen molar-refractivity contribution in [2.24, 2.45) is 0 Å². The maximum absolute atomic E-state index is 12.1. The minimum absolute atomic E-state index is 0.411. The van der Waals surface area contributed by atoms with Gasteiger partial charge in [-0.2, -0.15) is 8.75 Å². The van der Waals surface area contributed by atoms with Crippen LogP contribution >= 0.6 is 23.3 Å². The van der Waals surface area contributed by atoms with Crippen LogP contribution in [-0.4, -0.2) is 25.9 Å². The van der Waals surface area contributed by atoms with Crippen molar-refractivity contribution in [3.05, 3.63) is 53.1 Å². The first-order valence-corrected chi connectivity index (χ1v) is 7.92. The number of fused-ring (bicyclic) bond motifs is 1. The average molecular weight is 363 g/mol. The van der Waals surface area contributed by atoms with E-state index >= 15 is 0 Å². The molecular formula is C15H11ClN4O3S. The van der Waals surface area contributed by atoms with Gasteiger partial charge in [0.2, 0.25) is 0 Å². The molecule has 0 aliphatic carbocycles. The normalized spacial score (nSPS) is 11.9. The predicted molar refractivity (Wildman–Crippen MR) is 91.4 cm³/mol. The number of benzene rings is 2. The van der Waals surface area contributed by atoms with E-state index in [9.17, 15) is 14.7 Å². The van der Waals surface area contributed by atoms with E-state index in [1.165, 1.54) is 0 Å². The fourth-order valence-electron chi connectivity index (χ4n) is 2.10. The number of rotatable bonds is 4. The molecule has 3 rings (SSSR count). The molecule has 3 aromatic rings. The van der Waals surface area contributed by atoms with Gasteiger partial charge in [0.1, 0.15) is 11.0 Å². The molecule has 7 nitrogen and oxygen atoms in total. The smallest absolute Gasteiger partial charge is 0.330 e. The Bertz CT molecular complexity index is 897. The highest BCUT2D eigenvalue weighted by atomic mass is 35.5. The Balaban J connectivity index is 1.76. The van der Waals surface area contributed by atoms with Crippen LogP contribution in [0.5, 0.6) is 0 Å². The summed E-state index contributed by atoms with van der Waals surface area (Å²) in [5, 5.41) is 14.9. The standard InChI is InChI=1S/C15H11ClN4O3S/c16-9-2-4-10(5-3-9)17-15(23)18-13(14(21)22)8-1-6-11-12(7-8)20-24-19-11/h1-7,13H,(H,21,22)(H2,17,18,23). The second kappa shape index (κ2) is 6.81. The summed E-state index contributed by atoms with van der Waals surface area (Å²) >= 11 is 6.82. The Kier molecular flexibility index (Phi) is 4.59. The number of nitrogens with one attached hydrogen (secondary N) is 2. The van der Waals surface area contributed by atoms with Crippen LogP contribution in [0.2, 0.25) is 5.02 Å². The van der Waals surface area contributed by atoms with Crippen molar-refractivity contribution in [1.29, 1.82) is 0 Å². The quantitative estimate of drug-likeness (QED) is 0.660. The Labute approximate surface area is 145 Å². The summed E-state index contributed by atoms with van der Waals surface area (Å²) < 4.78 is 8.13. The Hall–Kier alpha value is -2.71. The summed E-state index contributed by atoms with van der Waals surface area (Å²) in [6.45, 7) is 0. The molecule has 24 heavy (non-hydrogen) atoms. The van der Waals surface area contributed by atoms with Crippen LogP contribution in [0.1, 0.15) is 11.6 Å². The number of anilines is 1. The molecule has 0 fully saturated rings. The van der Waals surface area contributed by atoms with Gasteiger partial charge in [0, 0.05) is 10.7 Å². The van der Waals surface area contributed by atoms with Gasteiger partial charge < -0.3 is 15.7 Å². The van der Waals surface area contributed by atoms with Crippen LogP contribution in [0, 0.1) is 0 Å². The molecule has 1 atom stereocenters. The van der Waals surface area contributed by atoms with Gasteiger partial charge in [-0.05, 0) is 42.0 Å². The van der Waals surface area contributed by atoms with Gasteiger partial charge in [-0.1, -0.05) is 17.7 Å². The molecule has 3 N–H and O–H groups in total. The van der Waals surface area contributed by atoms with Crippen LogP contribution in [0.25, 0.3) is 11.0 Å². The van der Waals surface area contributed by atoms with E-state index in [2.05, 4.69) is 19.4 Å². The van der Waals surface area contributed by atoms with Gasteiger partial charge in [0.25, 0.3) is 0 Å². The highest BCUT2D eigenvalue weighted by molar-refractivity contribution is 7.00. The molecule has 9 heteroatoms. The van der Waals surface area contributed by atoms with Gasteiger partial charge >= 0.3 is 12.0 Å². The largest absolute Gasteiger partial charge is 0.479 e. The van der Waals surface area contributed by atoms with E-state index in [-0.39, 0.29) is 0 Å². The fraction of sp³-hybridized carbons (Fsp3) is 0.0667. The molecule has 0 radical (unpaired) electrons. The Morgan fingerprint density at radius 2 is 1.79 bits per heavy atom. The van der Waals surface area contributed by atoms with Gasteiger partial charge in [-0.3, -0.25) is 0 Å². The third-order valence-corrected chi connectivity index (χ3v) is 4.04. The van der Waals surface area contributed by atoms with Crippen molar-refractivity contribution in [3.63, 3.8) is 0 Å². The highest BCUT2D eigenvalue weighted by Gasteiger charge is 2.22. The number of amides is 2. The molecule has 0 bridgehead atoms. The lowest BCUT2D eigenvalue weighted by Crippen LogP contribution is -2.36. The summed E-state index contributed by atoms with van der Waals surface area (Å²) in [6, 6.07) is 9.50. The molecule has 1 aromatic heterocycles. The number of nitrogens with zero attached hydrogens (tertiary/aromatic N) is 2. The van der Waals surface area contributed by atoms with Crippen molar-refractivity contribution in [1.82, 2.24) is 14.1 Å². The van der Waals surface area contributed by atoms with E-state index in [1.807, 2.05) is 0 Å². The third-order valence-electron chi connectivity index (χ3n) is 3.24. The van der Waals surface area contributed by atoms with Gasteiger partial charge in [-0.15, -0.1) is 0 Å². The van der Waals surface area contributed by atoms with Crippen molar-refractivity contribution in [3.8, 4) is 0 Å². The van der Waals surface area contributed by atoms with E-state index in [1.54, 1.807) is 42.5 Å². The number of carbonyl (C=O) groups is 2. The summed E-state index contributed by atoms with van der Waals surface area (Å²) in [5.41, 5.74) is 2.18. The van der Waals surface area contributed by atoms with Crippen LogP contribution in [0.15, 0.2) is 42.5 Å². The zero-order valence-corrected chi connectivity index (χ0v) is 13.6. The molecule has 0 aliphatic heterocycles. The maximum Gasteiger partial charge on any atom is 0.330 e. The first kappa shape index (κ1) is 16.2. The second-order valence-corrected chi connectivity index (χ2v) is 5.85. The average Bonchev–Trinajstić information content (AvgIpc) is 3.02. The Morgan fingerprint density at radius 3 is 2.50 bits per heavy atom. The van der Waals surface area contributed by atoms with Gasteiger partial charge in [0.15, 0.2) is 6.04 Å². The topological polar surface area (TPSA) is 104 Å². The number of carboxylic acid groups (broad SMARTS) is 1. The lowest BCUT2D eigenvalue weighted by Gasteiger charge is -2.15. The van der Waals surface area contributed by atoms with Crippen molar-refractivity contribution in [2.45, 2.75) is 6.04 Å². The fourth-order valence-corrected chi connectivity index (χ4v) is 2.74. The first-order valence-electron chi connectivity index (χ1n) is 6.81. The number of hydrogen-bond donors (Lipinski definition) is 3. The molecule has 2 amide bonds. The molecule has 0 saturated heterocycles. The summed E-state index contributed by atoms with van der Waals surface area (Å²) in [7, 11) is 0. The van der Waals surface area contributed by atoms with Crippen molar-refractivity contribution < 1.29 is 14.7 Å². The number of carboxylic acids is 1. The number of urea groups is 1. The van der Waals surface area contributed by atoms with Gasteiger partial charge in [0.05, 0.1) is 11.7 Å². The van der Waals surface area contributed by atoms with Crippen molar-refractivity contribution >= 4 is 52.1 Å². The van der Waals surface area contributed by atoms with Crippen LogP contribution in [0.3, 0.4) is 0 Å². The summed E-state index contributed by atoms with van der Waals surface area (Å²) in [5.74, 6) is -1.18. The Morgan fingerprint density at radius 1 is 1.08 bits per heavy atom.